The maximum atomic E-state index is 12.4. The average Bonchev–Trinajstić information content (AvgIpc) is 2.88. The van der Waals surface area contributed by atoms with Crippen molar-refractivity contribution in [3.63, 3.8) is 0 Å². The van der Waals surface area contributed by atoms with Crippen molar-refractivity contribution in [2.75, 3.05) is 0 Å². The minimum Gasteiger partial charge on any atom is -0.360 e. The van der Waals surface area contributed by atoms with E-state index in [0.29, 0.717) is 17.1 Å². The van der Waals surface area contributed by atoms with Crippen LogP contribution < -0.4 is 0 Å². The molecule has 0 saturated heterocycles. The molecule has 0 aromatic heterocycles. The van der Waals surface area contributed by atoms with Crippen LogP contribution in [0.25, 0.3) is 0 Å². The van der Waals surface area contributed by atoms with Crippen molar-refractivity contribution >= 4 is 15.2 Å². The van der Waals surface area contributed by atoms with Gasteiger partial charge in [0.1, 0.15) is 5.78 Å². The summed E-state index contributed by atoms with van der Waals surface area (Å²) in [6, 6.07) is 0. The summed E-state index contributed by atoms with van der Waals surface area (Å²) in [5.74, 6) is 2.44. The van der Waals surface area contributed by atoms with Gasteiger partial charge >= 0.3 is 0 Å². The molecule has 3 heteroatoms. The molecule has 2 aliphatic carbocycles. The summed E-state index contributed by atoms with van der Waals surface area (Å²) in [4.78, 5) is 12.4. The number of carbonyl (C=O) groups is 1. The van der Waals surface area contributed by atoms with E-state index in [-0.39, 0.29) is 5.60 Å². The van der Waals surface area contributed by atoms with E-state index >= 15 is 0 Å². The number of hydrogen-bond acceptors (Lipinski definition) is 2. The van der Waals surface area contributed by atoms with Crippen molar-refractivity contribution in [1.82, 2.24) is 0 Å². The molecule has 22 heavy (non-hydrogen) atoms. The first-order valence-corrected chi connectivity index (χ1v) is 9.74. The van der Waals surface area contributed by atoms with Crippen LogP contribution in [0.2, 0.25) is 0 Å². The quantitative estimate of drug-likeness (QED) is 0.573. The van der Waals surface area contributed by atoms with Crippen molar-refractivity contribution < 1.29 is 9.32 Å². The lowest BCUT2D eigenvalue weighted by Gasteiger charge is -2.44. The Bertz CT molecular complexity index is 393. The normalized spacial score (nSPS) is 33.8. The molecule has 2 nitrogen and oxygen atoms in total. The van der Waals surface area contributed by atoms with Gasteiger partial charge in [0.05, 0.1) is 5.60 Å². The SMILES string of the molecule is CCC12CCCC(=O)C1CCC2C(C)CCCC(C)(C)OP. The number of carbonyl (C=O) groups excluding carboxylic acids is 1. The zero-order chi connectivity index (χ0) is 16.4. The molecule has 2 fully saturated rings. The van der Waals surface area contributed by atoms with Gasteiger partial charge in [0.15, 0.2) is 0 Å². The Balaban J connectivity index is 1.97. The summed E-state index contributed by atoms with van der Waals surface area (Å²) in [5, 5.41) is 0. The molecule has 128 valence electrons. The number of rotatable bonds is 7. The summed E-state index contributed by atoms with van der Waals surface area (Å²) in [5.41, 5.74) is 0.299. The molecule has 0 spiro atoms. The highest BCUT2D eigenvalue weighted by molar-refractivity contribution is 7.09. The Labute approximate surface area is 139 Å². The maximum absolute atomic E-state index is 12.4. The number of ketones is 1. The summed E-state index contributed by atoms with van der Waals surface area (Å²) in [6.45, 7) is 9.06. The Morgan fingerprint density at radius 2 is 2.14 bits per heavy atom. The highest BCUT2D eigenvalue weighted by Crippen LogP contribution is 2.59. The van der Waals surface area contributed by atoms with E-state index in [1.54, 1.807) is 0 Å². The first-order chi connectivity index (χ1) is 10.4. The van der Waals surface area contributed by atoms with Crippen LogP contribution in [-0.4, -0.2) is 11.4 Å². The molecule has 0 aromatic rings. The molecule has 0 amide bonds. The topological polar surface area (TPSA) is 26.3 Å². The van der Waals surface area contributed by atoms with Crippen LogP contribution in [0, 0.1) is 23.2 Å². The summed E-state index contributed by atoms with van der Waals surface area (Å²) < 4.78 is 5.46. The van der Waals surface area contributed by atoms with Gasteiger partial charge in [0, 0.05) is 21.8 Å². The zero-order valence-electron chi connectivity index (χ0n) is 15.0. The molecule has 0 radical (unpaired) electrons. The monoisotopic (exact) mass is 326 g/mol. The van der Waals surface area contributed by atoms with E-state index in [1.807, 2.05) is 0 Å². The molecule has 2 rings (SSSR count). The van der Waals surface area contributed by atoms with E-state index in [1.165, 1.54) is 32.1 Å². The third-order valence-electron chi connectivity index (χ3n) is 6.76. The fourth-order valence-corrected chi connectivity index (χ4v) is 5.55. The second kappa shape index (κ2) is 7.31. The second-order valence-corrected chi connectivity index (χ2v) is 8.63. The Hall–Kier alpha value is 0.0600. The van der Waals surface area contributed by atoms with E-state index in [0.717, 1.165) is 37.5 Å². The molecule has 0 N–H and O–H groups in total. The molecule has 2 aliphatic rings. The molecule has 0 heterocycles. The molecule has 5 unspecified atom stereocenters. The second-order valence-electron chi connectivity index (χ2n) is 8.39. The van der Waals surface area contributed by atoms with Gasteiger partial charge in [-0.25, -0.2) is 0 Å². The van der Waals surface area contributed by atoms with E-state index in [2.05, 4.69) is 37.2 Å². The van der Waals surface area contributed by atoms with Gasteiger partial charge in [-0.3, -0.25) is 4.79 Å². The van der Waals surface area contributed by atoms with Gasteiger partial charge in [0.25, 0.3) is 0 Å². The fourth-order valence-electron chi connectivity index (χ4n) is 5.43. The number of Topliss-reactive ketones (excluding diaryl/α,β-unsaturated/α-hetero) is 1. The predicted octanol–water partition coefficient (Wildman–Crippen LogP) is 5.55. The van der Waals surface area contributed by atoms with Gasteiger partial charge in [-0.15, -0.1) is 0 Å². The minimum atomic E-state index is -0.0359. The molecule has 0 aromatic carbocycles. The predicted molar refractivity (Wildman–Crippen MR) is 95.7 cm³/mol. The van der Waals surface area contributed by atoms with Crippen molar-refractivity contribution in [3.05, 3.63) is 0 Å². The highest BCUT2D eigenvalue weighted by Gasteiger charge is 2.53. The number of hydrogen-bond donors (Lipinski definition) is 0. The van der Waals surface area contributed by atoms with Crippen molar-refractivity contribution in [3.8, 4) is 0 Å². The molecular weight excluding hydrogens is 291 g/mol. The lowest BCUT2D eigenvalue weighted by molar-refractivity contribution is -0.131. The largest absolute Gasteiger partial charge is 0.360 e. The van der Waals surface area contributed by atoms with Crippen LogP contribution >= 0.6 is 9.47 Å². The lowest BCUT2D eigenvalue weighted by atomic mass is 9.59. The standard InChI is InChI=1S/C19H35O2P/c1-5-19-13-7-9-17(20)16(19)11-10-15(19)14(2)8-6-12-18(3,4)21-22/h14-16H,5-13,22H2,1-4H3. The van der Waals surface area contributed by atoms with E-state index < -0.39 is 0 Å². The molecule has 5 atom stereocenters. The van der Waals surface area contributed by atoms with E-state index in [9.17, 15) is 4.79 Å². The third kappa shape index (κ3) is 3.59. The molecule has 2 saturated carbocycles. The van der Waals surface area contributed by atoms with Crippen LogP contribution in [0.3, 0.4) is 0 Å². The zero-order valence-corrected chi connectivity index (χ0v) is 16.1. The molecule has 0 bridgehead atoms. The maximum Gasteiger partial charge on any atom is 0.136 e. The highest BCUT2D eigenvalue weighted by atomic mass is 31.0. The third-order valence-corrected chi connectivity index (χ3v) is 7.39. The Kier molecular flexibility index (Phi) is 6.11. The first kappa shape index (κ1) is 18.4. The van der Waals surface area contributed by atoms with Crippen molar-refractivity contribution in [2.45, 2.75) is 91.1 Å². The molecule has 0 aliphatic heterocycles. The summed E-state index contributed by atoms with van der Waals surface area (Å²) >= 11 is 0. The summed E-state index contributed by atoms with van der Waals surface area (Å²) in [7, 11) is 2.40. The van der Waals surface area contributed by atoms with Gasteiger partial charge < -0.3 is 4.52 Å². The van der Waals surface area contributed by atoms with Crippen LogP contribution in [0.15, 0.2) is 0 Å². The average molecular weight is 326 g/mol. The smallest absolute Gasteiger partial charge is 0.136 e. The first-order valence-electron chi connectivity index (χ1n) is 9.27. The van der Waals surface area contributed by atoms with Gasteiger partial charge in [-0.05, 0) is 69.6 Å². The Morgan fingerprint density at radius 1 is 1.41 bits per heavy atom. The van der Waals surface area contributed by atoms with Gasteiger partial charge in [-0.2, -0.15) is 0 Å². The van der Waals surface area contributed by atoms with Crippen LogP contribution in [0.5, 0.6) is 0 Å². The molecular formula is C19H35O2P. The van der Waals surface area contributed by atoms with Crippen molar-refractivity contribution in [1.29, 1.82) is 0 Å². The van der Waals surface area contributed by atoms with Gasteiger partial charge in [0.2, 0.25) is 0 Å². The van der Waals surface area contributed by atoms with Gasteiger partial charge in [-0.1, -0.05) is 26.7 Å². The van der Waals surface area contributed by atoms with Crippen LogP contribution in [0.1, 0.15) is 85.5 Å². The Morgan fingerprint density at radius 3 is 2.77 bits per heavy atom. The van der Waals surface area contributed by atoms with Crippen molar-refractivity contribution in [2.24, 2.45) is 23.2 Å². The van der Waals surface area contributed by atoms with E-state index in [4.69, 9.17) is 4.52 Å². The van der Waals surface area contributed by atoms with Crippen LogP contribution in [-0.2, 0) is 9.32 Å². The number of fused-ring (bicyclic) bond motifs is 1. The van der Waals surface area contributed by atoms with Crippen LogP contribution in [0.4, 0.5) is 0 Å². The minimum absolute atomic E-state index is 0.0359. The fraction of sp³-hybridized carbons (Fsp3) is 0.947. The summed E-state index contributed by atoms with van der Waals surface area (Å²) in [6.07, 6.45) is 10.5. The lowest BCUT2D eigenvalue weighted by Crippen LogP contribution is -2.41.